The molecule has 2 rings (SSSR count). The Labute approximate surface area is 117 Å². The summed E-state index contributed by atoms with van der Waals surface area (Å²) in [5, 5.41) is 9.30. The first kappa shape index (κ1) is 14.6. The molecule has 0 radical (unpaired) electrons. The molecule has 7 heteroatoms. The first-order chi connectivity index (χ1) is 9.43. The molecule has 0 aliphatic carbocycles. The van der Waals surface area contributed by atoms with Crippen molar-refractivity contribution in [2.75, 3.05) is 23.0 Å². The molecule has 1 aliphatic heterocycles. The number of carbonyl (C=O) groups excluding carboxylic acids is 1. The minimum absolute atomic E-state index is 0.0628. The number of phenols is 1. The van der Waals surface area contributed by atoms with Gasteiger partial charge >= 0.3 is 6.09 Å². The van der Waals surface area contributed by atoms with Crippen LogP contribution in [0.25, 0.3) is 0 Å². The fourth-order valence-corrected chi connectivity index (χ4v) is 3.95. The second-order valence-electron chi connectivity index (χ2n) is 4.64. The fraction of sp³-hybridized carbons (Fsp3) is 0.462. The number of hydrogen-bond donors (Lipinski definition) is 1. The van der Waals surface area contributed by atoms with Crippen LogP contribution in [0.5, 0.6) is 5.75 Å². The Morgan fingerprint density at radius 2 is 2.05 bits per heavy atom. The van der Waals surface area contributed by atoms with Gasteiger partial charge in [-0.05, 0) is 37.6 Å². The van der Waals surface area contributed by atoms with E-state index in [9.17, 15) is 18.3 Å². The van der Waals surface area contributed by atoms with Crippen LogP contribution in [0.3, 0.4) is 0 Å². The zero-order valence-electron chi connectivity index (χ0n) is 11.2. The van der Waals surface area contributed by atoms with Crippen molar-refractivity contribution in [3.63, 3.8) is 0 Å². The quantitative estimate of drug-likeness (QED) is 0.915. The molecule has 1 saturated heterocycles. The van der Waals surface area contributed by atoms with Gasteiger partial charge < -0.3 is 9.84 Å². The molecule has 1 aromatic rings. The average Bonchev–Trinajstić information content (AvgIpc) is 2.73. The molecule has 0 saturated carbocycles. The maximum atomic E-state index is 12.1. The van der Waals surface area contributed by atoms with E-state index in [0.717, 1.165) is 0 Å². The van der Waals surface area contributed by atoms with Gasteiger partial charge in [-0.25, -0.2) is 13.2 Å². The molecule has 1 aromatic carbocycles. The van der Waals surface area contributed by atoms with E-state index in [4.69, 9.17) is 4.74 Å². The van der Waals surface area contributed by atoms with E-state index in [0.29, 0.717) is 12.1 Å². The number of sulfone groups is 1. The average molecular weight is 299 g/mol. The van der Waals surface area contributed by atoms with E-state index >= 15 is 0 Å². The number of rotatable bonds is 3. The monoisotopic (exact) mass is 299 g/mol. The van der Waals surface area contributed by atoms with E-state index < -0.39 is 22.0 Å². The second kappa shape index (κ2) is 5.70. The summed E-state index contributed by atoms with van der Waals surface area (Å²) in [7, 11) is -3.10. The molecule has 20 heavy (non-hydrogen) atoms. The highest BCUT2D eigenvalue weighted by atomic mass is 32.2. The normalized spacial score (nSPS) is 20.6. The van der Waals surface area contributed by atoms with Crippen LogP contribution in [-0.4, -0.2) is 43.8 Å². The van der Waals surface area contributed by atoms with Crippen LogP contribution < -0.4 is 4.90 Å². The fourth-order valence-electron chi connectivity index (χ4n) is 2.25. The maximum Gasteiger partial charge on any atom is 0.414 e. The van der Waals surface area contributed by atoms with Gasteiger partial charge in [0.25, 0.3) is 0 Å². The van der Waals surface area contributed by atoms with Gasteiger partial charge in [0, 0.05) is 5.69 Å². The number of hydrogen-bond acceptors (Lipinski definition) is 5. The summed E-state index contributed by atoms with van der Waals surface area (Å²) in [5.41, 5.74) is 0.517. The van der Waals surface area contributed by atoms with Gasteiger partial charge in [0.2, 0.25) is 0 Å². The third-order valence-electron chi connectivity index (χ3n) is 3.17. The van der Waals surface area contributed by atoms with Crippen molar-refractivity contribution < 1.29 is 23.1 Å². The van der Waals surface area contributed by atoms with E-state index in [1.54, 1.807) is 19.1 Å². The topological polar surface area (TPSA) is 83.9 Å². The van der Waals surface area contributed by atoms with E-state index in [-0.39, 0.29) is 23.9 Å². The maximum absolute atomic E-state index is 12.1. The highest BCUT2D eigenvalue weighted by Gasteiger charge is 2.36. The van der Waals surface area contributed by atoms with Gasteiger partial charge in [0.15, 0.2) is 9.84 Å². The number of carbonyl (C=O) groups is 1. The summed E-state index contributed by atoms with van der Waals surface area (Å²) >= 11 is 0. The van der Waals surface area contributed by atoms with Crippen molar-refractivity contribution in [3.05, 3.63) is 24.3 Å². The minimum Gasteiger partial charge on any atom is -0.508 e. The Kier molecular flexibility index (Phi) is 4.17. The largest absolute Gasteiger partial charge is 0.508 e. The SMILES string of the molecule is CCOC(=O)N(c1ccc(O)cc1)C1CCS(=O)(=O)C1. The van der Waals surface area contributed by atoms with Gasteiger partial charge in [-0.2, -0.15) is 0 Å². The van der Waals surface area contributed by atoms with Crippen LogP contribution in [0.15, 0.2) is 24.3 Å². The summed E-state index contributed by atoms with van der Waals surface area (Å²) in [6.07, 6.45) is -0.178. The highest BCUT2D eigenvalue weighted by molar-refractivity contribution is 7.91. The zero-order valence-corrected chi connectivity index (χ0v) is 12.0. The molecule has 1 atom stereocenters. The summed E-state index contributed by atoms with van der Waals surface area (Å²) in [4.78, 5) is 13.4. The van der Waals surface area contributed by atoms with Crippen LogP contribution in [-0.2, 0) is 14.6 Å². The number of phenolic OH excluding ortho intramolecular Hbond substituents is 1. The van der Waals surface area contributed by atoms with Crippen LogP contribution in [0.4, 0.5) is 10.5 Å². The Hall–Kier alpha value is -1.76. The molecule has 1 heterocycles. The predicted octanol–water partition coefficient (Wildman–Crippen LogP) is 1.54. The number of aromatic hydroxyl groups is 1. The van der Waals surface area contributed by atoms with Crippen LogP contribution in [0.2, 0.25) is 0 Å². The molecule has 1 amide bonds. The second-order valence-corrected chi connectivity index (χ2v) is 6.87. The molecule has 6 nitrogen and oxygen atoms in total. The number of nitrogens with zero attached hydrogens (tertiary/aromatic N) is 1. The Morgan fingerprint density at radius 3 is 2.55 bits per heavy atom. The first-order valence-corrected chi connectivity index (χ1v) is 8.20. The highest BCUT2D eigenvalue weighted by Crippen LogP contribution is 2.26. The van der Waals surface area contributed by atoms with Crippen molar-refractivity contribution in [2.45, 2.75) is 19.4 Å². The van der Waals surface area contributed by atoms with Gasteiger partial charge in [-0.1, -0.05) is 0 Å². The number of benzene rings is 1. The predicted molar refractivity (Wildman–Crippen MR) is 74.7 cm³/mol. The lowest BCUT2D eigenvalue weighted by molar-refractivity contribution is 0.157. The van der Waals surface area contributed by atoms with Gasteiger partial charge in [-0.3, -0.25) is 4.90 Å². The summed E-state index contributed by atoms with van der Waals surface area (Å²) in [6.45, 7) is 1.91. The molecule has 1 unspecified atom stereocenters. The van der Waals surface area contributed by atoms with E-state index in [1.807, 2.05) is 0 Å². The van der Waals surface area contributed by atoms with Crippen molar-refractivity contribution in [2.24, 2.45) is 0 Å². The van der Waals surface area contributed by atoms with Crippen molar-refractivity contribution in [1.29, 1.82) is 0 Å². The number of ether oxygens (including phenoxy) is 1. The summed E-state index contributed by atoms with van der Waals surface area (Å²) in [5.74, 6) is 0.0924. The molecule has 1 fully saturated rings. The Balaban J connectivity index is 2.30. The first-order valence-electron chi connectivity index (χ1n) is 6.38. The lowest BCUT2D eigenvalue weighted by atomic mass is 10.2. The van der Waals surface area contributed by atoms with Gasteiger partial charge in [0.1, 0.15) is 5.75 Å². The molecule has 0 aromatic heterocycles. The third-order valence-corrected chi connectivity index (χ3v) is 4.92. The molecule has 1 aliphatic rings. The third kappa shape index (κ3) is 3.22. The lowest BCUT2D eigenvalue weighted by Gasteiger charge is -2.27. The zero-order chi connectivity index (χ0) is 14.8. The lowest BCUT2D eigenvalue weighted by Crippen LogP contribution is -2.41. The number of anilines is 1. The molecule has 0 spiro atoms. The summed E-state index contributed by atoms with van der Waals surface area (Å²) < 4.78 is 28.2. The number of amides is 1. The van der Waals surface area contributed by atoms with Gasteiger partial charge in [-0.15, -0.1) is 0 Å². The Morgan fingerprint density at radius 1 is 1.40 bits per heavy atom. The van der Waals surface area contributed by atoms with Crippen LogP contribution >= 0.6 is 0 Å². The van der Waals surface area contributed by atoms with Gasteiger partial charge in [0.05, 0.1) is 24.2 Å². The van der Waals surface area contributed by atoms with Crippen molar-refractivity contribution in [3.8, 4) is 5.75 Å². The molecular formula is C13H17NO5S. The minimum atomic E-state index is -3.10. The molecule has 1 N–H and O–H groups in total. The van der Waals surface area contributed by atoms with Crippen molar-refractivity contribution >= 4 is 21.6 Å². The smallest absolute Gasteiger partial charge is 0.414 e. The molecule has 110 valence electrons. The Bertz CT molecular complexity index is 581. The van der Waals surface area contributed by atoms with Crippen LogP contribution in [0.1, 0.15) is 13.3 Å². The van der Waals surface area contributed by atoms with Crippen molar-refractivity contribution in [1.82, 2.24) is 0 Å². The van der Waals surface area contributed by atoms with Crippen LogP contribution in [0, 0.1) is 0 Å². The van der Waals surface area contributed by atoms with E-state index in [1.165, 1.54) is 17.0 Å². The molecule has 0 bridgehead atoms. The van der Waals surface area contributed by atoms with E-state index in [2.05, 4.69) is 0 Å². The standard InChI is InChI=1S/C13H17NO5S/c1-2-19-13(16)14(10-3-5-12(15)6-4-10)11-7-8-20(17,18)9-11/h3-6,11,15H,2,7-9H2,1H3. The summed E-state index contributed by atoms with van der Waals surface area (Å²) in [6, 6.07) is 5.60. The molecular weight excluding hydrogens is 282 g/mol.